The van der Waals surface area contributed by atoms with E-state index in [4.69, 9.17) is 0 Å². The molecule has 1 heteroatoms. The molecule has 0 unspecified atom stereocenters. The molecule has 0 bridgehead atoms. The molecule has 1 rings (SSSR count). The van der Waals surface area contributed by atoms with Crippen molar-refractivity contribution in [3.05, 3.63) is 23.9 Å². The fourth-order valence-electron chi connectivity index (χ4n) is 0.909. The third-order valence-electron chi connectivity index (χ3n) is 1.69. The summed E-state index contributed by atoms with van der Waals surface area (Å²) in [5.74, 6) is 0. The molecule has 0 fully saturated rings. The van der Waals surface area contributed by atoms with Crippen molar-refractivity contribution < 1.29 is 0 Å². The van der Waals surface area contributed by atoms with Crippen LogP contribution in [-0.2, 0) is 0 Å². The first-order valence-electron chi connectivity index (χ1n) is 3.28. The lowest BCUT2D eigenvalue weighted by molar-refractivity contribution is 0.400. The molecule has 0 radical (unpaired) electrons. The summed E-state index contributed by atoms with van der Waals surface area (Å²) in [4.78, 5) is 2.20. The van der Waals surface area contributed by atoms with Crippen molar-refractivity contribution in [3.63, 3.8) is 0 Å². The van der Waals surface area contributed by atoms with Crippen molar-refractivity contribution in [1.29, 1.82) is 0 Å². The zero-order chi connectivity index (χ0) is 6.85. The van der Waals surface area contributed by atoms with Gasteiger partial charge in [-0.25, -0.2) is 0 Å². The molecule has 1 atom stereocenters. The van der Waals surface area contributed by atoms with Gasteiger partial charge in [0, 0.05) is 19.3 Å². The van der Waals surface area contributed by atoms with Crippen LogP contribution in [0.1, 0.15) is 13.8 Å². The van der Waals surface area contributed by atoms with Crippen LogP contribution >= 0.6 is 0 Å². The summed E-state index contributed by atoms with van der Waals surface area (Å²) < 4.78 is 0. The second-order valence-corrected chi connectivity index (χ2v) is 2.64. The maximum atomic E-state index is 2.20. The van der Waals surface area contributed by atoms with E-state index in [1.807, 2.05) is 0 Å². The van der Waals surface area contributed by atoms with Crippen LogP contribution in [0.15, 0.2) is 23.9 Å². The van der Waals surface area contributed by atoms with Crippen molar-refractivity contribution >= 4 is 0 Å². The van der Waals surface area contributed by atoms with Crippen molar-refractivity contribution in [1.82, 2.24) is 4.90 Å². The molecule has 0 saturated carbocycles. The predicted octanol–water partition coefficient (Wildman–Crippen LogP) is 1.78. The molecule has 0 saturated heterocycles. The SMILES string of the molecule is CC1=CN(C)[C@H](C)C=C1. The monoisotopic (exact) mass is 123 g/mol. The Bertz CT molecular complexity index is 156. The zero-order valence-electron chi connectivity index (χ0n) is 6.26. The Hall–Kier alpha value is -0.720. The van der Waals surface area contributed by atoms with Gasteiger partial charge in [-0.05, 0) is 19.4 Å². The van der Waals surface area contributed by atoms with Gasteiger partial charge in [-0.3, -0.25) is 0 Å². The van der Waals surface area contributed by atoms with Crippen LogP contribution in [0.4, 0.5) is 0 Å². The van der Waals surface area contributed by atoms with Gasteiger partial charge in [0.1, 0.15) is 0 Å². The zero-order valence-corrected chi connectivity index (χ0v) is 6.26. The molecule has 1 aliphatic heterocycles. The van der Waals surface area contributed by atoms with Crippen LogP contribution in [0.5, 0.6) is 0 Å². The van der Waals surface area contributed by atoms with Gasteiger partial charge in [0.25, 0.3) is 0 Å². The van der Waals surface area contributed by atoms with E-state index in [-0.39, 0.29) is 0 Å². The molecule has 0 aliphatic carbocycles. The number of likely N-dealkylation sites (N-methyl/N-ethyl adjacent to an activating group) is 1. The number of rotatable bonds is 0. The molecular weight excluding hydrogens is 110 g/mol. The normalized spacial score (nSPS) is 26.3. The van der Waals surface area contributed by atoms with Gasteiger partial charge in [-0.2, -0.15) is 0 Å². The Morgan fingerprint density at radius 1 is 1.56 bits per heavy atom. The fourth-order valence-corrected chi connectivity index (χ4v) is 0.909. The Morgan fingerprint density at radius 3 is 2.67 bits per heavy atom. The predicted molar refractivity (Wildman–Crippen MR) is 40.1 cm³/mol. The summed E-state index contributed by atoms with van der Waals surface area (Å²) >= 11 is 0. The Balaban J connectivity index is 2.70. The highest BCUT2D eigenvalue weighted by Crippen LogP contribution is 2.09. The average Bonchev–Trinajstić information content (AvgIpc) is 1.80. The molecule has 1 aliphatic rings. The standard InChI is InChI=1S/C8H13N/c1-7-4-5-8(2)9(3)6-7/h4-6,8H,1-3H3/t8-/m1/s1. The topological polar surface area (TPSA) is 3.24 Å². The molecule has 0 aromatic carbocycles. The van der Waals surface area contributed by atoms with Gasteiger partial charge >= 0.3 is 0 Å². The molecule has 0 N–H and O–H groups in total. The van der Waals surface area contributed by atoms with Gasteiger partial charge in [0.2, 0.25) is 0 Å². The summed E-state index contributed by atoms with van der Waals surface area (Å²) in [5, 5.41) is 0. The lowest BCUT2D eigenvalue weighted by Crippen LogP contribution is -2.23. The third kappa shape index (κ3) is 1.35. The van der Waals surface area contributed by atoms with E-state index in [2.05, 4.69) is 44.1 Å². The van der Waals surface area contributed by atoms with Crippen molar-refractivity contribution in [3.8, 4) is 0 Å². The Morgan fingerprint density at radius 2 is 2.22 bits per heavy atom. The van der Waals surface area contributed by atoms with Gasteiger partial charge < -0.3 is 4.90 Å². The number of nitrogens with zero attached hydrogens (tertiary/aromatic N) is 1. The Labute approximate surface area is 56.7 Å². The lowest BCUT2D eigenvalue weighted by atomic mass is 10.1. The summed E-state index contributed by atoms with van der Waals surface area (Å²) in [5.41, 5.74) is 1.33. The highest BCUT2D eigenvalue weighted by atomic mass is 15.1. The first-order valence-corrected chi connectivity index (χ1v) is 3.28. The molecule has 9 heavy (non-hydrogen) atoms. The first kappa shape index (κ1) is 6.40. The van der Waals surface area contributed by atoms with E-state index in [0.29, 0.717) is 6.04 Å². The fraction of sp³-hybridized carbons (Fsp3) is 0.500. The second kappa shape index (κ2) is 2.26. The maximum Gasteiger partial charge on any atom is 0.0439 e. The lowest BCUT2D eigenvalue weighted by Gasteiger charge is -2.23. The molecule has 1 heterocycles. The van der Waals surface area contributed by atoms with Gasteiger partial charge in [-0.1, -0.05) is 12.2 Å². The summed E-state index contributed by atoms with van der Waals surface area (Å²) in [6.07, 6.45) is 6.52. The second-order valence-electron chi connectivity index (χ2n) is 2.64. The van der Waals surface area contributed by atoms with E-state index in [1.54, 1.807) is 0 Å². The van der Waals surface area contributed by atoms with Crippen LogP contribution in [-0.4, -0.2) is 18.0 Å². The first-order chi connectivity index (χ1) is 4.20. The van der Waals surface area contributed by atoms with Gasteiger partial charge in [0.15, 0.2) is 0 Å². The Kier molecular flexibility index (Phi) is 1.60. The summed E-state index contributed by atoms with van der Waals surface area (Å²) in [6.45, 7) is 4.29. The molecular formula is C8H13N. The highest BCUT2D eigenvalue weighted by Gasteiger charge is 2.04. The van der Waals surface area contributed by atoms with E-state index >= 15 is 0 Å². The van der Waals surface area contributed by atoms with Gasteiger partial charge in [-0.15, -0.1) is 0 Å². The van der Waals surface area contributed by atoms with Crippen LogP contribution in [0.2, 0.25) is 0 Å². The minimum atomic E-state index is 0.564. The number of hydrogen-bond donors (Lipinski definition) is 0. The molecule has 1 nitrogen and oxygen atoms in total. The number of allylic oxidation sites excluding steroid dienone is 2. The molecule has 0 spiro atoms. The minimum absolute atomic E-state index is 0.564. The van der Waals surface area contributed by atoms with Crippen LogP contribution < -0.4 is 0 Å². The average molecular weight is 123 g/mol. The molecule has 0 aromatic heterocycles. The van der Waals surface area contributed by atoms with Crippen LogP contribution in [0.3, 0.4) is 0 Å². The van der Waals surface area contributed by atoms with Crippen LogP contribution in [0, 0.1) is 0 Å². The highest BCUT2D eigenvalue weighted by molar-refractivity contribution is 5.21. The smallest absolute Gasteiger partial charge is 0.0439 e. The van der Waals surface area contributed by atoms with Crippen molar-refractivity contribution in [2.24, 2.45) is 0 Å². The largest absolute Gasteiger partial charge is 0.374 e. The quantitative estimate of drug-likeness (QED) is 0.474. The summed E-state index contributed by atoms with van der Waals surface area (Å²) in [6, 6.07) is 0.564. The third-order valence-corrected chi connectivity index (χ3v) is 1.69. The van der Waals surface area contributed by atoms with E-state index < -0.39 is 0 Å². The molecule has 0 aromatic rings. The number of hydrogen-bond acceptors (Lipinski definition) is 1. The van der Waals surface area contributed by atoms with Crippen molar-refractivity contribution in [2.45, 2.75) is 19.9 Å². The maximum absolute atomic E-state index is 2.20. The summed E-state index contributed by atoms with van der Waals surface area (Å²) in [7, 11) is 2.09. The molecule has 50 valence electrons. The van der Waals surface area contributed by atoms with E-state index in [1.165, 1.54) is 5.57 Å². The van der Waals surface area contributed by atoms with Crippen LogP contribution in [0.25, 0.3) is 0 Å². The van der Waals surface area contributed by atoms with Gasteiger partial charge in [0.05, 0.1) is 0 Å². The molecule has 0 amide bonds. The van der Waals surface area contributed by atoms with Crippen molar-refractivity contribution in [2.75, 3.05) is 7.05 Å². The van der Waals surface area contributed by atoms with E-state index in [9.17, 15) is 0 Å². The van der Waals surface area contributed by atoms with E-state index in [0.717, 1.165) is 0 Å². The minimum Gasteiger partial charge on any atom is -0.374 e.